The van der Waals surface area contributed by atoms with Crippen LogP contribution in [0.1, 0.15) is 24.9 Å². The molecule has 0 aromatic heterocycles. The largest absolute Gasteiger partial charge is 0.324 e. The molecule has 1 fully saturated rings. The van der Waals surface area contributed by atoms with Gasteiger partial charge in [-0.2, -0.15) is 0 Å². The molecular formula is C17H19N. The summed E-state index contributed by atoms with van der Waals surface area (Å²) in [6, 6.07) is 19.4. The summed E-state index contributed by atoms with van der Waals surface area (Å²) in [6.07, 6.45) is 1.28. The lowest BCUT2D eigenvalue weighted by Gasteiger charge is -2.12. The van der Waals surface area contributed by atoms with Crippen LogP contribution in [0.3, 0.4) is 0 Å². The number of benzene rings is 2. The van der Waals surface area contributed by atoms with Gasteiger partial charge in [-0.25, -0.2) is 0 Å². The van der Waals surface area contributed by atoms with E-state index in [1.165, 1.54) is 23.1 Å². The van der Waals surface area contributed by atoms with Crippen molar-refractivity contribution in [1.82, 2.24) is 0 Å². The van der Waals surface area contributed by atoms with E-state index in [1.54, 1.807) is 0 Å². The van der Waals surface area contributed by atoms with E-state index in [0.717, 1.165) is 5.92 Å². The highest BCUT2D eigenvalue weighted by molar-refractivity contribution is 5.63. The van der Waals surface area contributed by atoms with Crippen LogP contribution in [-0.2, 0) is 0 Å². The maximum absolute atomic E-state index is 6.28. The maximum Gasteiger partial charge on any atom is 0.0326 e. The Hall–Kier alpha value is -1.60. The van der Waals surface area contributed by atoms with Gasteiger partial charge < -0.3 is 5.73 Å². The summed E-state index contributed by atoms with van der Waals surface area (Å²) in [7, 11) is 0. The SMILES string of the molecule is CC1CC1C(N)c1ccc(-c2ccccc2)cc1. The van der Waals surface area contributed by atoms with Gasteiger partial charge in [0.05, 0.1) is 0 Å². The second-order valence-electron chi connectivity index (χ2n) is 5.39. The molecule has 92 valence electrons. The Balaban J connectivity index is 1.81. The minimum atomic E-state index is 0.213. The summed E-state index contributed by atoms with van der Waals surface area (Å²) in [5.74, 6) is 1.49. The summed E-state index contributed by atoms with van der Waals surface area (Å²) >= 11 is 0. The molecule has 3 atom stereocenters. The quantitative estimate of drug-likeness (QED) is 0.857. The molecule has 0 heterocycles. The smallest absolute Gasteiger partial charge is 0.0326 e. The first-order chi connectivity index (χ1) is 8.75. The zero-order valence-electron chi connectivity index (χ0n) is 10.7. The predicted octanol–water partition coefficient (Wildman–Crippen LogP) is 4.01. The molecule has 2 aromatic rings. The van der Waals surface area contributed by atoms with Crippen LogP contribution >= 0.6 is 0 Å². The van der Waals surface area contributed by atoms with Crippen molar-refractivity contribution in [2.45, 2.75) is 19.4 Å². The lowest BCUT2D eigenvalue weighted by molar-refractivity contribution is 0.593. The van der Waals surface area contributed by atoms with Crippen molar-refractivity contribution in [2.75, 3.05) is 0 Å². The lowest BCUT2D eigenvalue weighted by Crippen LogP contribution is -2.13. The molecule has 3 unspecified atom stereocenters. The molecule has 1 saturated carbocycles. The Morgan fingerprint density at radius 2 is 1.50 bits per heavy atom. The van der Waals surface area contributed by atoms with Gasteiger partial charge in [-0.15, -0.1) is 0 Å². The van der Waals surface area contributed by atoms with Crippen LogP contribution in [0.15, 0.2) is 54.6 Å². The van der Waals surface area contributed by atoms with Crippen molar-refractivity contribution in [1.29, 1.82) is 0 Å². The van der Waals surface area contributed by atoms with Crippen molar-refractivity contribution in [2.24, 2.45) is 17.6 Å². The van der Waals surface area contributed by atoms with E-state index in [-0.39, 0.29) is 6.04 Å². The van der Waals surface area contributed by atoms with Crippen molar-refractivity contribution < 1.29 is 0 Å². The summed E-state index contributed by atoms with van der Waals surface area (Å²) in [6.45, 7) is 2.28. The lowest BCUT2D eigenvalue weighted by atomic mass is 9.98. The molecule has 0 amide bonds. The molecule has 1 nitrogen and oxygen atoms in total. The normalized spacial score (nSPS) is 23.7. The highest BCUT2D eigenvalue weighted by Crippen LogP contribution is 2.45. The van der Waals surface area contributed by atoms with Gasteiger partial charge in [0.1, 0.15) is 0 Å². The fourth-order valence-electron chi connectivity index (χ4n) is 2.63. The topological polar surface area (TPSA) is 26.0 Å². The summed E-state index contributed by atoms with van der Waals surface area (Å²) in [5.41, 5.74) is 10.1. The van der Waals surface area contributed by atoms with Gasteiger partial charge in [-0.05, 0) is 34.9 Å². The van der Waals surface area contributed by atoms with Crippen molar-refractivity contribution in [3.05, 3.63) is 60.2 Å². The predicted molar refractivity (Wildman–Crippen MR) is 76.1 cm³/mol. The molecule has 1 aliphatic rings. The van der Waals surface area contributed by atoms with Crippen LogP contribution in [0.2, 0.25) is 0 Å². The Labute approximate surface area is 109 Å². The molecule has 18 heavy (non-hydrogen) atoms. The molecule has 0 spiro atoms. The fraction of sp³-hybridized carbons (Fsp3) is 0.294. The second-order valence-corrected chi connectivity index (χ2v) is 5.39. The van der Waals surface area contributed by atoms with E-state index in [1.807, 2.05) is 6.07 Å². The van der Waals surface area contributed by atoms with E-state index < -0.39 is 0 Å². The third kappa shape index (κ3) is 2.19. The molecule has 0 aliphatic heterocycles. The highest BCUT2D eigenvalue weighted by Gasteiger charge is 2.38. The third-order valence-corrected chi connectivity index (χ3v) is 4.04. The van der Waals surface area contributed by atoms with Crippen LogP contribution in [-0.4, -0.2) is 0 Å². The standard InChI is InChI=1S/C17H19N/c1-12-11-16(12)17(18)15-9-7-14(8-10-15)13-5-3-2-4-6-13/h2-10,12,16-17H,11,18H2,1H3. The second kappa shape index (κ2) is 4.58. The summed E-state index contributed by atoms with van der Waals surface area (Å²) in [5, 5.41) is 0. The summed E-state index contributed by atoms with van der Waals surface area (Å²) < 4.78 is 0. The van der Waals surface area contributed by atoms with Crippen LogP contribution in [0, 0.1) is 11.8 Å². The highest BCUT2D eigenvalue weighted by atomic mass is 14.7. The zero-order chi connectivity index (χ0) is 12.5. The monoisotopic (exact) mass is 237 g/mol. The van der Waals surface area contributed by atoms with Gasteiger partial charge in [0.2, 0.25) is 0 Å². The molecule has 1 heteroatoms. The van der Waals surface area contributed by atoms with Crippen molar-refractivity contribution in [3.8, 4) is 11.1 Å². The van der Waals surface area contributed by atoms with Crippen molar-refractivity contribution >= 4 is 0 Å². The molecule has 2 aromatic carbocycles. The molecular weight excluding hydrogens is 218 g/mol. The molecule has 3 rings (SSSR count). The molecule has 0 radical (unpaired) electrons. The van der Waals surface area contributed by atoms with Gasteiger partial charge in [0, 0.05) is 6.04 Å². The average Bonchev–Trinajstić information content (AvgIpc) is 3.16. The fourth-order valence-corrected chi connectivity index (χ4v) is 2.63. The molecule has 0 saturated heterocycles. The van der Waals surface area contributed by atoms with E-state index in [4.69, 9.17) is 5.73 Å². The Kier molecular flexibility index (Phi) is 2.92. The maximum atomic E-state index is 6.28. The van der Waals surface area contributed by atoms with Gasteiger partial charge in [0.15, 0.2) is 0 Å². The minimum absolute atomic E-state index is 0.213. The third-order valence-electron chi connectivity index (χ3n) is 4.04. The zero-order valence-corrected chi connectivity index (χ0v) is 10.7. The Morgan fingerprint density at radius 3 is 2.06 bits per heavy atom. The Morgan fingerprint density at radius 1 is 0.944 bits per heavy atom. The first kappa shape index (κ1) is 11.5. The van der Waals surface area contributed by atoms with Crippen LogP contribution in [0.25, 0.3) is 11.1 Å². The number of rotatable bonds is 3. The van der Waals surface area contributed by atoms with Crippen LogP contribution in [0.5, 0.6) is 0 Å². The Bertz CT molecular complexity index is 515. The first-order valence-electron chi connectivity index (χ1n) is 6.66. The number of hydrogen-bond acceptors (Lipinski definition) is 1. The average molecular weight is 237 g/mol. The van der Waals surface area contributed by atoms with Crippen molar-refractivity contribution in [3.63, 3.8) is 0 Å². The summed E-state index contributed by atoms with van der Waals surface area (Å²) in [4.78, 5) is 0. The van der Waals surface area contributed by atoms with Gasteiger partial charge in [-0.3, -0.25) is 0 Å². The molecule has 0 bridgehead atoms. The van der Waals surface area contributed by atoms with Crippen LogP contribution in [0.4, 0.5) is 0 Å². The van der Waals surface area contributed by atoms with Gasteiger partial charge in [-0.1, -0.05) is 61.5 Å². The molecule has 1 aliphatic carbocycles. The van der Waals surface area contributed by atoms with E-state index in [0.29, 0.717) is 5.92 Å². The number of nitrogens with two attached hydrogens (primary N) is 1. The van der Waals surface area contributed by atoms with Gasteiger partial charge in [0.25, 0.3) is 0 Å². The number of hydrogen-bond donors (Lipinski definition) is 1. The van der Waals surface area contributed by atoms with E-state index in [2.05, 4.69) is 55.5 Å². The first-order valence-corrected chi connectivity index (χ1v) is 6.66. The minimum Gasteiger partial charge on any atom is -0.324 e. The molecule has 2 N–H and O–H groups in total. The van der Waals surface area contributed by atoms with Gasteiger partial charge >= 0.3 is 0 Å². The van der Waals surface area contributed by atoms with E-state index in [9.17, 15) is 0 Å². The van der Waals surface area contributed by atoms with Crippen LogP contribution < -0.4 is 5.73 Å². The van der Waals surface area contributed by atoms with E-state index >= 15 is 0 Å².